The van der Waals surface area contributed by atoms with Crippen molar-refractivity contribution in [2.24, 2.45) is 0 Å². The van der Waals surface area contributed by atoms with Crippen LogP contribution in [0.3, 0.4) is 0 Å². The molecule has 0 saturated heterocycles. The maximum atomic E-state index is 12.6. The Balaban J connectivity index is 0.00000143. The standard InChI is InChI=1S/C22H30I.C15H24O3S.C13H28.C9H12O3S.C6HF5O3S.C6H6O3S.4C6H6S.CHF3O3S/c1-7-21(3,4)17-9-13-19(14-10-17)23-20-15-11-18(12-16-20)22(5,6)8-2;1-9(2)12-7-13(10(3)4)15(19(16,17)18)14(8-12)11(5)6;1-3-5-7-9-11-13-12-10-8-6-4-2;1-6-4-7(2)9(8(3)5-6)13(10,11)12;7-1-2(8)4(10)6(15(12,13)14)5(11)3(1)9;7-10(8,9)6-4-2-1-3-5-6;4*7-6-4-2-1-3-5-6;2-1(3,4)8(5,6)7/h9-16H,7-8H2,1-6H3;7-11H,1-6H3,(H,16,17,18);3-13H2,1-2H3;4-5H,1-3H3,(H,10,11,12);(H,12,13,14);1-5H,(H,7,8,9);4*1-5,7H;(H,5,6,7)/q+1;;;;;;;;;;/p-1. The number of hydrogen-bond donors (Lipinski definition) is 0. The van der Waals surface area contributed by atoms with Gasteiger partial charge >= 0.3 is 26.7 Å². The summed E-state index contributed by atoms with van der Waals surface area (Å²) < 4.78 is 253. The van der Waals surface area contributed by atoms with Crippen LogP contribution in [0.15, 0.2) is 264 Å². The van der Waals surface area contributed by atoms with E-state index in [1.54, 1.807) is 32.0 Å². The normalized spacial score (nSPS) is 11.4. The predicted molar refractivity (Wildman–Crippen MR) is 508 cm³/mol. The molecule has 15 nitrogen and oxygen atoms in total. The molecule has 33 heteroatoms. The Kier molecular flexibility index (Phi) is 57.4. The molecule has 716 valence electrons. The van der Waals surface area contributed by atoms with Crippen LogP contribution in [0, 0.1) is 57.0 Å². The summed E-state index contributed by atoms with van der Waals surface area (Å²) in [6.45, 7) is 35.3. The number of hydrogen-bond acceptors (Lipinski definition) is 15. The molecule has 0 spiro atoms. The fraction of sp³-hybridized carbons (Fsp3) is 0.375. The average Bonchev–Trinajstić information content (AvgIpc) is 0.779. The van der Waals surface area contributed by atoms with Gasteiger partial charge in [-0.1, -0.05) is 313 Å². The van der Waals surface area contributed by atoms with Gasteiger partial charge in [-0.25, -0.2) is 64.0 Å². The summed E-state index contributed by atoms with van der Waals surface area (Å²) in [5.41, 5.74) is 2.19. The van der Waals surface area contributed by atoms with Gasteiger partial charge < -0.3 is 22.8 Å². The molecule has 0 aromatic heterocycles. The summed E-state index contributed by atoms with van der Waals surface area (Å²) in [5, 5.41) is 0. The average molecular weight is 2090 g/mol. The zero-order valence-electron chi connectivity index (χ0n) is 75.9. The van der Waals surface area contributed by atoms with Crippen LogP contribution in [-0.2, 0) is 112 Å². The predicted octanol–water partition coefficient (Wildman–Crippen LogP) is 20.1. The van der Waals surface area contributed by atoms with Crippen LogP contribution >= 0.6 is 0 Å². The molecule has 0 fully saturated rings. The Morgan fingerprint density at radius 2 is 0.581 bits per heavy atom. The van der Waals surface area contributed by atoms with Crippen LogP contribution in [0.1, 0.15) is 243 Å². The van der Waals surface area contributed by atoms with Gasteiger partial charge in [0.1, 0.15) is 64.9 Å². The van der Waals surface area contributed by atoms with E-state index in [4.69, 9.17) is 13.0 Å². The first-order valence-electron chi connectivity index (χ1n) is 41.3. The number of halogens is 9. The van der Waals surface area contributed by atoms with Gasteiger partial charge in [-0.05, 0) is 237 Å². The molecule has 0 radical (unpaired) electrons. The van der Waals surface area contributed by atoms with Gasteiger partial charge in [0.05, 0.1) is 14.7 Å². The fourth-order valence-corrected chi connectivity index (χ4v) is 17.2. The summed E-state index contributed by atoms with van der Waals surface area (Å²) in [6.07, 6.45) is 18.3. The summed E-state index contributed by atoms with van der Waals surface area (Å²) >= 11 is 13.3. The van der Waals surface area contributed by atoms with E-state index in [0.717, 1.165) is 30.7 Å². The highest BCUT2D eigenvalue weighted by atomic mass is 127. The Morgan fingerprint density at radius 1 is 0.333 bits per heavy atom. The molecule has 0 aliphatic rings. The van der Waals surface area contributed by atoms with E-state index < -0.39 is 90.1 Å². The molecule has 0 atom stereocenters. The van der Waals surface area contributed by atoms with Gasteiger partial charge in [-0.2, -0.15) is 13.2 Å². The quantitative estimate of drug-likeness (QED) is 0.00840. The second-order valence-electron chi connectivity index (χ2n) is 31.4. The smallest absolute Gasteiger partial charge is 0.485 e. The van der Waals surface area contributed by atoms with E-state index in [9.17, 15) is 87.0 Å². The van der Waals surface area contributed by atoms with Crippen LogP contribution < -0.4 is 21.2 Å². The summed E-state index contributed by atoms with van der Waals surface area (Å²) in [4.78, 5) is 1.85. The SMILES string of the molecule is CC(C)c1cc(C(C)C)c(S(=O)(=O)[O-])c(C(C)C)c1.CCC(C)(C)c1ccc([I+]c2ccc(C(C)(C)CC)cc2)cc1.CCCCCCCCCCCCC.Cc1cc(C)c(S(=O)(=O)[O-])c(C)c1.O=S(=O)([O-])C(F)(F)F.O=S(=O)([O-])c1c(F)c(F)c(F)c(F)c1F.O=S(=O)([O-])c1ccccc1.[SH2+]c1ccccc1.[SH2+]c1ccccc1.[SH2+]c1ccccc1.[SH2+]c1ccccc1. The van der Waals surface area contributed by atoms with Crippen molar-refractivity contribution < 1.29 is 121 Å². The third kappa shape index (κ3) is 49.8. The molecule has 0 amide bonds. The van der Waals surface area contributed by atoms with Crippen molar-refractivity contribution in [1.82, 2.24) is 0 Å². The fourth-order valence-electron chi connectivity index (χ4n) is 11.1. The monoisotopic (exact) mass is 2080 g/mol. The number of alkyl halides is 3. The first-order chi connectivity index (χ1) is 59.7. The van der Waals surface area contributed by atoms with Crippen LogP contribution in [-0.4, -0.2) is 70.4 Å². The van der Waals surface area contributed by atoms with Crippen LogP contribution in [0.25, 0.3) is 0 Å². The molecular formula is C96H125F8IO15S9. The van der Waals surface area contributed by atoms with Gasteiger partial charge in [0.2, 0.25) is 5.82 Å². The molecule has 10 rings (SSSR count). The molecule has 10 aromatic carbocycles. The molecule has 0 aliphatic heterocycles. The van der Waals surface area contributed by atoms with Crippen molar-refractivity contribution in [2.45, 2.75) is 274 Å². The molecule has 0 unspecified atom stereocenters. The van der Waals surface area contributed by atoms with E-state index >= 15 is 0 Å². The van der Waals surface area contributed by atoms with Crippen molar-refractivity contribution in [2.75, 3.05) is 0 Å². The van der Waals surface area contributed by atoms with Crippen molar-refractivity contribution in [1.29, 1.82) is 0 Å². The zero-order valence-corrected chi connectivity index (χ0v) is 86.1. The second kappa shape index (κ2) is 60.5. The van der Waals surface area contributed by atoms with E-state index in [2.05, 4.69) is 168 Å². The molecule has 0 N–H and O–H groups in total. The van der Waals surface area contributed by atoms with Gasteiger partial charge in [0, 0.05) is 0 Å². The van der Waals surface area contributed by atoms with Crippen molar-refractivity contribution >= 4 is 101 Å². The minimum Gasteiger partial charge on any atom is -0.744 e. The minimum atomic E-state index is -6.09. The minimum absolute atomic E-state index is 0.00919. The Morgan fingerprint density at radius 3 is 0.775 bits per heavy atom. The second-order valence-corrected chi connectivity index (χ2v) is 43.4. The van der Waals surface area contributed by atoms with Crippen molar-refractivity contribution in [3.8, 4) is 0 Å². The molecule has 0 heterocycles. The lowest BCUT2D eigenvalue weighted by Crippen LogP contribution is -3.61. The number of aryl methyl sites for hydroxylation is 3. The Hall–Kier alpha value is -6.68. The molecule has 0 bridgehead atoms. The first-order valence-corrected chi connectivity index (χ1v) is 52.5. The lowest BCUT2D eigenvalue weighted by atomic mass is 9.82. The lowest BCUT2D eigenvalue weighted by Gasteiger charge is -2.24. The van der Waals surface area contributed by atoms with Crippen molar-refractivity contribution in [3.05, 3.63) is 305 Å². The highest BCUT2D eigenvalue weighted by molar-refractivity contribution is 7.87. The third-order valence-corrected chi connectivity index (χ3v) is 27.4. The molecule has 0 aliphatic carbocycles. The van der Waals surface area contributed by atoms with Crippen LogP contribution in [0.2, 0.25) is 0 Å². The lowest BCUT2D eigenvalue weighted by molar-refractivity contribution is -0.597. The molecule has 129 heavy (non-hydrogen) atoms. The van der Waals surface area contributed by atoms with E-state index in [1.807, 2.05) is 168 Å². The Bertz CT molecular complexity index is 5200. The van der Waals surface area contributed by atoms with Crippen LogP contribution in [0.5, 0.6) is 0 Å². The van der Waals surface area contributed by atoms with Gasteiger partial charge in [-0.3, -0.25) is 0 Å². The van der Waals surface area contributed by atoms with E-state index in [1.165, 1.54) is 126 Å². The van der Waals surface area contributed by atoms with Gasteiger partial charge in [0.25, 0.3) is 0 Å². The highest BCUT2D eigenvalue weighted by Gasteiger charge is 2.37. The number of rotatable bonds is 23. The van der Waals surface area contributed by atoms with E-state index in [-0.39, 0.29) is 58.6 Å². The Labute approximate surface area is 795 Å². The first kappa shape index (κ1) is 122. The maximum absolute atomic E-state index is 12.6. The number of unbranched alkanes of at least 4 members (excludes halogenated alkanes) is 10. The maximum Gasteiger partial charge on any atom is 0.485 e. The number of benzene rings is 10. The third-order valence-electron chi connectivity index (χ3n) is 19.0. The van der Waals surface area contributed by atoms with Crippen molar-refractivity contribution in [3.63, 3.8) is 0 Å². The van der Waals surface area contributed by atoms with E-state index in [0.29, 0.717) is 28.2 Å². The summed E-state index contributed by atoms with van der Waals surface area (Å²) in [7, 11) is -24.9. The largest absolute Gasteiger partial charge is 0.744 e. The molecule has 10 aromatic rings. The summed E-state index contributed by atoms with van der Waals surface area (Å²) in [6, 6.07) is 72.8. The zero-order chi connectivity index (χ0) is 99.1. The van der Waals surface area contributed by atoms with Gasteiger partial charge in [-0.15, -0.1) is 0 Å². The summed E-state index contributed by atoms with van der Waals surface area (Å²) in [5.74, 6) is -12.5. The van der Waals surface area contributed by atoms with Gasteiger partial charge in [0.15, 0.2) is 40.5 Å². The molecule has 0 saturated carbocycles. The van der Waals surface area contributed by atoms with Crippen LogP contribution in [0.4, 0.5) is 35.1 Å². The highest BCUT2D eigenvalue weighted by Crippen LogP contribution is 2.36. The molecular weight excluding hydrogens is 1960 g/mol. The topological polar surface area (TPSA) is 286 Å².